The Balaban J connectivity index is 4.02. The molecule has 0 heterocycles. The van der Waals surface area contributed by atoms with Gasteiger partial charge in [0.2, 0.25) is 10.0 Å². The second-order valence-corrected chi connectivity index (χ2v) is 6.26. The van der Waals surface area contributed by atoms with Crippen LogP contribution in [0.5, 0.6) is 0 Å². The molecule has 0 aromatic rings. The van der Waals surface area contributed by atoms with Crippen LogP contribution in [0.25, 0.3) is 0 Å². The minimum atomic E-state index is -3.21. The molecule has 0 fully saturated rings. The number of hydrogen-bond donors (Lipinski definition) is 2. The van der Waals surface area contributed by atoms with Crippen LogP contribution in [0.2, 0.25) is 0 Å². The number of methoxy groups -OCH3 is 1. The monoisotopic (exact) mass is 238 g/mol. The summed E-state index contributed by atoms with van der Waals surface area (Å²) >= 11 is 0. The molecule has 3 N–H and O–H groups in total. The van der Waals surface area contributed by atoms with E-state index >= 15 is 0 Å². The van der Waals surface area contributed by atoms with E-state index in [1.807, 2.05) is 13.8 Å². The molecule has 0 radical (unpaired) electrons. The first-order valence-electron chi connectivity index (χ1n) is 4.99. The first-order chi connectivity index (χ1) is 6.83. The molecule has 0 atom stereocenters. The van der Waals surface area contributed by atoms with Crippen molar-refractivity contribution < 1.29 is 13.2 Å². The van der Waals surface area contributed by atoms with Gasteiger partial charge in [-0.15, -0.1) is 0 Å². The van der Waals surface area contributed by atoms with Crippen LogP contribution in [0.3, 0.4) is 0 Å². The molecule has 0 spiro atoms. The molecule has 92 valence electrons. The zero-order valence-electron chi connectivity index (χ0n) is 9.75. The number of hydrogen-bond acceptors (Lipinski definition) is 4. The van der Waals surface area contributed by atoms with Crippen LogP contribution in [0.4, 0.5) is 0 Å². The van der Waals surface area contributed by atoms with Crippen molar-refractivity contribution in [1.29, 1.82) is 0 Å². The van der Waals surface area contributed by atoms with Gasteiger partial charge in [0, 0.05) is 26.8 Å². The third-order valence-electron chi connectivity index (χ3n) is 2.14. The Bertz CT molecular complexity index is 263. The van der Waals surface area contributed by atoms with Crippen LogP contribution in [0, 0.1) is 5.41 Å². The van der Waals surface area contributed by atoms with Crippen molar-refractivity contribution in [2.45, 2.75) is 20.3 Å². The lowest BCUT2D eigenvalue weighted by Crippen LogP contribution is -2.37. The van der Waals surface area contributed by atoms with Crippen LogP contribution < -0.4 is 10.5 Å². The number of rotatable bonds is 8. The summed E-state index contributed by atoms with van der Waals surface area (Å²) in [5.74, 6) is -0.0205. The standard InChI is InChI=1S/C9H22N2O3S/c1-9(2,4-6-14-3)8-11-15(12,13)7-5-10/h11H,4-8,10H2,1-3H3. The molecule has 0 aromatic heterocycles. The molecule has 5 nitrogen and oxygen atoms in total. The zero-order valence-corrected chi connectivity index (χ0v) is 10.6. The second-order valence-electron chi connectivity index (χ2n) is 4.34. The van der Waals surface area contributed by atoms with Gasteiger partial charge in [-0.2, -0.15) is 0 Å². The lowest BCUT2D eigenvalue weighted by atomic mass is 9.90. The van der Waals surface area contributed by atoms with Crippen molar-refractivity contribution in [3.05, 3.63) is 0 Å². The normalized spacial score (nSPS) is 13.1. The fourth-order valence-electron chi connectivity index (χ4n) is 0.999. The molecule has 0 aliphatic rings. The van der Waals surface area contributed by atoms with E-state index in [4.69, 9.17) is 10.5 Å². The Hall–Kier alpha value is -0.170. The highest BCUT2D eigenvalue weighted by molar-refractivity contribution is 7.89. The SMILES string of the molecule is COCCC(C)(C)CNS(=O)(=O)CCN. The molecule has 0 unspecified atom stereocenters. The molecule has 0 saturated carbocycles. The van der Waals surface area contributed by atoms with E-state index in [0.717, 1.165) is 6.42 Å². The number of sulfonamides is 1. The fraction of sp³-hybridized carbons (Fsp3) is 1.00. The first-order valence-corrected chi connectivity index (χ1v) is 6.64. The van der Waals surface area contributed by atoms with E-state index in [9.17, 15) is 8.42 Å². The van der Waals surface area contributed by atoms with E-state index < -0.39 is 10.0 Å². The highest BCUT2D eigenvalue weighted by atomic mass is 32.2. The minimum absolute atomic E-state index is 0.0205. The van der Waals surface area contributed by atoms with Gasteiger partial charge in [-0.1, -0.05) is 13.8 Å². The van der Waals surface area contributed by atoms with Gasteiger partial charge in [0.15, 0.2) is 0 Å². The van der Waals surface area contributed by atoms with Crippen LogP contribution in [-0.4, -0.2) is 41.0 Å². The predicted molar refractivity (Wildman–Crippen MR) is 61.1 cm³/mol. The largest absolute Gasteiger partial charge is 0.385 e. The van der Waals surface area contributed by atoms with E-state index in [1.165, 1.54) is 0 Å². The van der Waals surface area contributed by atoms with Gasteiger partial charge in [0.05, 0.1) is 5.75 Å². The van der Waals surface area contributed by atoms with Gasteiger partial charge in [-0.05, 0) is 11.8 Å². The second kappa shape index (κ2) is 6.42. The van der Waals surface area contributed by atoms with E-state index in [1.54, 1.807) is 7.11 Å². The topological polar surface area (TPSA) is 81.4 Å². The molecular weight excluding hydrogens is 216 g/mol. The van der Waals surface area contributed by atoms with E-state index in [2.05, 4.69) is 4.72 Å². The summed E-state index contributed by atoms with van der Waals surface area (Å²) in [6.45, 7) is 5.19. The molecule has 6 heteroatoms. The maximum atomic E-state index is 11.3. The summed E-state index contributed by atoms with van der Waals surface area (Å²) < 4.78 is 30.2. The quantitative estimate of drug-likeness (QED) is 0.620. The smallest absolute Gasteiger partial charge is 0.212 e. The molecular formula is C9H22N2O3S. The van der Waals surface area contributed by atoms with Crippen molar-refractivity contribution in [2.24, 2.45) is 11.1 Å². The number of nitrogens with two attached hydrogens (primary N) is 1. The number of ether oxygens (including phenoxy) is 1. The zero-order chi connectivity index (χ0) is 11.9. The molecule has 15 heavy (non-hydrogen) atoms. The molecule has 0 saturated heterocycles. The highest BCUT2D eigenvalue weighted by Crippen LogP contribution is 2.18. The van der Waals surface area contributed by atoms with Crippen LogP contribution >= 0.6 is 0 Å². The summed E-state index contributed by atoms with van der Waals surface area (Å²) in [7, 11) is -1.57. The van der Waals surface area contributed by atoms with Crippen molar-refractivity contribution in [2.75, 3.05) is 32.6 Å². The van der Waals surface area contributed by atoms with Crippen LogP contribution in [-0.2, 0) is 14.8 Å². The van der Waals surface area contributed by atoms with E-state index in [-0.39, 0.29) is 17.7 Å². The van der Waals surface area contributed by atoms with Crippen LogP contribution in [0.1, 0.15) is 20.3 Å². The molecule has 0 aromatic carbocycles. The number of nitrogens with one attached hydrogen (secondary N) is 1. The molecule has 0 amide bonds. The Morgan fingerprint density at radius 3 is 2.47 bits per heavy atom. The summed E-state index contributed by atoms with van der Waals surface area (Å²) in [6, 6.07) is 0. The van der Waals surface area contributed by atoms with Crippen molar-refractivity contribution in [3.63, 3.8) is 0 Å². The van der Waals surface area contributed by atoms with Gasteiger partial charge in [-0.25, -0.2) is 13.1 Å². The third-order valence-corrected chi connectivity index (χ3v) is 3.50. The van der Waals surface area contributed by atoms with E-state index in [0.29, 0.717) is 13.2 Å². The van der Waals surface area contributed by atoms with Gasteiger partial charge in [0.1, 0.15) is 0 Å². The Kier molecular flexibility index (Phi) is 6.35. The minimum Gasteiger partial charge on any atom is -0.385 e. The highest BCUT2D eigenvalue weighted by Gasteiger charge is 2.20. The van der Waals surface area contributed by atoms with Gasteiger partial charge >= 0.3 is 0 Å². The van der Waals surface area contributed by atoms with Gasteiger partial charge in [-0.3, -0.25) is 0 Å². The molecule has 0 aliphatic carbocycles. The summed E-state index contributed by atoms with van der Waals surface area (Å²) in [4.78, 5) is 0. The Morgan fingerprint density at radius 2 is 2.00 bits per heavy atom. The van der Waals surface area contributed by atoms with Gasteiger partial charge < -0.3 is 10.5 Å². The maximum Gasteiger partial charge on any atom is 0.212 e. The lowest BCUT2D eigenvalue weighted by molar-refractivity contribution is 0.153. The summed E-state index contributed by atoms with van der Waals surface area (Å²) in [5.41, 5.74) is 5.10. The Morgan fingerprint density at radius 1 is 1.40 bits per heavy atom. The van der Waals surface area contributed by atoms with Crippen molar-refractivity contribution in [1.82, 2.24) is 4.72 Å². The molecule has 0 bridgehead atoms. The summed E-state index contributed by atoms with van der Waals surface area (Å²) in [6.07, 6.45) is 0.814. The predicted octanol–water partition coefficient (Wildman–Crippen LogP) is -0.0728. The molecule has 0 rings (SSSR count). The third kappa shape index (κ3) is 7.72. The first kappa shape index (κ1) is 14.8. The average molecular weight is 238 g/mol. The Labute approximate surface area is 92.4 Å². The lowest BCUT2D eigenvalue weighted by Gasteiger charge is -2.24. The van der Waals surface area contributed by atoms with Crippen molar-refractivity contribution >= 4 is 10.0 Å². The average Bonchev–Trinajstić information content (AvgIpc) is 2.12. The fourth-order valence-corrected chi connectivity index (χ4v) is 2.06. The van der Waals surface area contributed by atoms with Gasteiger partial charge in [0.25, 0.3) is 0 Å². The van der Waals surface area contributed by atoms with Crippen LogP contribution in [0.15, 0.2) is 0 Å². The van der Waals surface area contributed by atoms with Crippen molar-refractivity contribution in [3.8, 4) is 0 Å². The maximum absolute atomic E-state index is 11.3. The summed E-state index contributed by atoms with van der Waals surface area (Å²) in [5, 5.41) is 0. The molecule has 0 aliphatic heterocycles.